The van der Waals surface area contributed by atoms with Gasteiger partial charge in [0, 0.05) is 49.3 Å². The topological polar surface area (TPSA) is 159 Å². The molecule has 2 heterocycles. The van der Waals surface area contributed by atoms with E-state index in [9.17, 15) is 27.9 Å². The maximum atomic E-state index is 13.3. The Hall–Kier alpha value is -3.87. The molecule has 0 aliphatic carbocycles. The van der Waals surface area contributed by atoms with Crippen LogP contribution in [0.15, 0.2) is 72.0 Å². The minimum atomic E-state index is -3.81. The van der Waals surface area contributed by atoms with Gasteiger partial charge in [0.25, 0.3) is 0 Å². The number of hydrogen-bond acceptors (Lipinski definition) is 7. The second-order valence-electron chi connectivity index (χ2n) is 9.24. The molecule has 2 aromatic carbocycles. The molecule has 39 heavy (non-hydrogen) atoms. The van der Waals surface area contributed by atoms with E-state index < -0.39 is 39.6 Å². The van der Waals surface area contributed by atoms with Gasteiger partial charge in [0.2, 0.25) is 15.9 Å². The number of aliphatic carboxylic acids is 1. The summed E-state index contributed by atoms with van der Waals surface area (Å²) in [6, 6.07) is 13.6. The van der Waals surface area contributed by atoms with Crippen molar-refractivity contribution in [2.75, 3.05) is 26.3 Å². The van der Waals surface area contributed by atoms with Crippen LogP contribution in [0.2, 0.25) is 0 Å². The first-order chi connectivity index (χ1) is 18.7. The Bertz CT molecular complexity index is 1390. The van der Waals surface area contributed by atoms with Crippen molar-refractivity contribution < 1.29 is 32.6 Å². The van der Waals surface area contributed by atoms with Crippen LogP contribution in [0, 0.1) is 5.92 Å². The van der Waals surface area contributed by atoms with Gasteiger partial charge in [-0.15, -0.1) is 0 Å². The van der Waals surface area contributed by atoms with Gasteiger partial charge in [0.1, 0.15) is 6.04 Å². The number of carbonyl (C=O) groups is 3. The summed E-state index contributed by atoms with van der Waals surface area (Å²) in [5.41, 5.74) is 1.49. The number of aromatic nitrogens is 2. The number of sulfonamides is 1. The summed E-state index contributed by atoms with van der Waals surface area (Å²) in [4.78, 5) is 45.2. The van der Waals surface area contributed by atoms with E-state index in [1.54, 1.807) is 0 Å². The van der Waals surface area contributed by atoms with Crippen molar-refractivity contribution >= 4 is 27.7 Å². The fraction of sp³-hybridized carbons (Fsp3) is 0.333. The van der Waals surface area contributed by atoms with Crippen LogP contribution in [0.3, 0.4) is 0 Å². The average molecular weight is 555 g/mol. The van der Waals surface area contributed by atoms with Crippen molar-refractivity contribution in [3.63, 3.8) is 0 Å². The summed E-state index contributed by atoms with van der Waals surface area (Å²) >= 11 is 0. The van der Waals surface area contributed by atoms with Gasteiger partial charge < -0.3 is 20.1 Å². The molecule has 3 aromatic rings. The van der Waals surface area contributed by atoms with Crippen LogP contribution >= 0.6 is 0 Å². The van der Waals surface area contributed by atoms with Gasteiger partial charge >= 0.3 is 5.97 Å². The number of nitrogens with one attached hydrogen (secondary N) is 2. The molecule has 1 aromatic heterocycles. The van der Waals surface area contributed by atoms with Gasteiger partial charge in [-0.1, -0.05) is 42.5 Å². The minimum Gasteiger partial charge on any atom is -0.480 e. The Morgan fingerprint density at radius 1 is 1.05 bits per heavy atom. The first kappa shape index (κ1) is 28.1. The Kier molecular flexibility index (Phi) is 9.23. The number of carboxylic acids is 1. The Labute approximate surface area is 226 Å². The number of imidazole rings is 1. The molecule has 3 N–H and O–H groups in total. The van der Waals surface area contributed by atoms with E-state index in [2.05, 4.69) is 15.3 Å². The molecule has 206 valence electrons. The van der Waals surface area contributed by atoms with Gasteiger partial charge in [-0.05, 0) is 24.1 Å². The maximum Gasteiger partial charge on any atom is 0.326 e. The number of morpholine rings is 1. The predicted molar refractivity (Wildman–Crippen MR) is 140 cm³/mol. The number of carbonyl (C=O) groups excluding carboxylic acids is 2. The smallest absolute Gasteiger partial charge is 0.326 e. The zero-order chi connectivity index (χ0) is 27.8. The number of carboxylic acid groups (broad SMARTS) is 1. The molecule has 2 atom stereocenters. The molecule has 11 nitrogen and oxygen atoms in total. The maximum absolute atomic E-state index is 13.3. The monoisotopic (exact) mass is 554 g/mol. The van der Waals surface area contributed by atoms with Crippen molar-refractivity contribution in [1.82, 2.24) is 19.6 Å². The second kappa shape index (κ2) is 12.8. The van der Waals surface area contributed by atoms with Crippen LogP contribution < -0.4 is 5.32 Å². The molecule has 1 amide bonds. The summed E-state index contributed by atoms with van der Waals surface area (Å²) in [5, 5.41) is 12.2. The Morgan fingerprint density at radius 3 is 2.46 bits per heavy atom. The quantitative estimate of drug-likeness (QED) is 0.285. The molecule has 1 aliphatic rings. The molecular formula is C27H30N4O7S. The lowest BCUT2D eigenvalue weighted by Gasteiger charge is -2.26. The van der Waals surface area contributed by atoms with Crippen LogP contribution in [0.25, 0.3) is 0 Å². The van der Waals surface area contributed by atoms with E-state index in [1.807, 2.05) is 30.3 Å². The highest BCUT2D eigenvalue weighted by molar-refractivity contribution is 7.89. The summed E-state index contributed by atoms with van der Waals surface area (Å²) in [6.45, 7) is 1.05. The third-order valence-corrected chi connectivity index (χ3v) is 8.38. The third kappa shape index (κ3) is 7.37. The highest BCUT2D eigenvalue weighted by Gasteiger charge is 2.30. The molecule has 1 unspecified atom stereocenters. The molecule has 12 heteroatoms. The Balaban J connectivity index is 1.53. The third-order valence-electron chi connectivity index (χ3n) is 6.48. The highest BCUT2D eigenvalue weighted by Crippen LogP contribution is 2.22. The van der Waals surface area contributed by atoms with Crippen molar-refractivity contribution in [2.24, 2.45) is 5.92 Å². The average Bonchev–Trinajstić information content (AvgIpc) is 3.46. The van der Waals surface area contributed by atoms with Gasteiger partial charge in [0.05, 0.1) is 24.4 Å². The van der Waals surface area contributed by atoms with Crippen molar-refractivity contribution in [1.29, 1.82) is 0 Å². The number of rotatable bonds is 12. The van der Waals surface area contributed by atoms with E-state index >= 15 is 0 Å². The normalized spacial score (nSPS) is 15.8. The summed E-state index contributed by atoms with van der Waals surface area (Å²) in [7, 11) is -3.81. The Morgan fingerprint density at radius 2 is 1.79 bits per heavy atom. The zero-order valence-corrected chi connectivity index (χ0v) is 22.0. The predicted octanol–water partition coefficient (Wildman–Crippen LogP) is 1.67. The largest absolute Gasteiger partial charge is 0.480 e. The van der Waals surface area contributed by atoms with Gasteiger partial charge in [-0.2, -0.15) is 4.31 Å². The molecule has 1 fully saturated rings. The lowest BCUT2D eigenvalue weighted by Crippen LogP contribution is -2.45. The van der Waals surface area contributed by atoms with Gasteiger partial charge in [-0.3, -0.25) is 9.59 Å². The van der Waals surface area contributed by atoms with Crippen LogP contribution in [0.4, 0.5) is 0 Å². The zero-order valence-electron chi connectivity index (χ0n) is 21.2. The van der Waals surface area contributed by atoms with Crippen molar-refractivity contribution in [2.45, 2.75) is 30.2 Å². The number of amides is 1. The molecule has 0 saturated carbocycles. The number of benzene rings is 2. The van der Waals surface area contributed by atoms with E-state index in [4.69, 9.17) is 4.74 Å². The summed E-state index contributed by atoms with van der Waals surface area (Å²) < 4.78 is 32.7. The fourth-order valence-corrected chi connectivity index (χ4v) is 5.82. The number of ether oxygens (including phenoxy) is 1. The highest BCUT2D eigenvalue weighted by atomic mass is 32.2. The first-order valence-corrected chi connectivity index (χ1v) is 13.9. The molecule has 0 spiro atoms. The molecule has 1 saturated heterocycles. The minimum absolute atomic E-state index is 0.00544. The van der Waals surface area contributed by atoms with Crippen molar-refractivity contribution in [3.05, 3.63) is 83.9 Å². The van der Waals surface area contributed by atoms with Crippen LogP contribution in [0.5, 0.6) is 0 Å². The van der Waals surface area contributed by atoms with Gasteiger partial charge in [-0.25, -0.2) is 18.2 Å². The van der Waals surface area contributed by atoms with E-state index in [0.29, 0.717) is 18.9 Å². The number of H-pyrrole nitrogens is 1. The van der Waals surface area contributed by atoms with Crippen LogP contribution in [0.1, 0.15) is 28.0 Å². The first-order valence-electron chi connectivity index (χ1n) is 12.5. The summed E-state index contributed by atoms with van der Waals surface area (Å²) in [5.74, 6) is -3.12. The summed E-state index contributed by atoms with van der Waals surface area (Å²) in [6.07, 6.45) is 2.85. The van der Waals surface area contributed by atoms with E-state index in [-0.39, 0.29) is 42.8 Å². The molecule has 4 rings (SSSR count). The number of nitrogens with zero attached hydrogens (tertiary/aromatic N) is 2. The standard InChI is InChI=1S/C27H30N4O7S/c32-25(20-7-4-8-23(14-20)39(36,37)31-9-11-38-12-10-31)15-21(13-19-5-2-1-3-6-19)26(33)30-24(27(34)35)16-22-17-28-18-29-22/h1-8,14,17-18,21,24H,9-13,15-16H2,(H,28,29)(H,30,33)(H,34,35)/t21?,24-/m0/s1. The molecule has 0 bridgehead atoms. The van der Waals surface area contributed by atoms with Gasteiger partial charge in [0.15, 0.2) is 5.78 Å². The molecular weight excluding hydrogens is 524 g/mol. The molecule has 1 aliphatic heterocycles. The number of aromatic amines is 1. The van der Waals surface area contributed by atoms with Crippen LogP contribution in [-0.2, 0) is 37.2 Å². The van der Waals surface area contributed by atoms with E-state index in [1.165, 1.54) is 41.1 Å². The fourth-order valence-electron chi connectivity index (χ4n) is 4.37. The van der Waals surface area contributed by atoms with Crippen LogP contribution in [-0.4, -0.2) is 77.8 Å². The molecule has 0 radical (unpaired) electrons. The van der Waals surface area contributed by atoms with E-state index in [0.717, 1.165) is 5.56 Å². The number of Topliss-reactive ketones (excluding diaryl/α,β-unsaturated/α-hetero) is 1. The second-order valence-corrected chi connectivity index (χ2v) is 11.2. The lowest BCUT2D eigenvalue weighted by atomic mass is 9.91. The van der Waals surface area contributed by atoms with Crippen molar-refractivity contribution in [3.8, 4) is 0 Å². The lowest BCUT2D eigenvalue weighted by molar-refractivity contribution is -0.142. The number of ketones is 1. The SMILES string of the molecule is O=C(CC(Cc1ccccc1)C(=O)N[C@@H](Cc1cnc[nH]1)C(=O)O)c1cccc(S(=O)(=O)N2CCOCC2)c1. The number of hydrogen-bond donors (Lipinski definition) is 3.